The van der Waals surface area contributed by atoms with Gasteiger partial charge >= 0.3 is 0 Å². The molecule has 176 valence electrons. The van der Waals surface area contributed by atoms with Crippen molar-refractivity contribution in [2.45, 2.75) is 70.1 Å². The van der Waals surface area contributed by atoms with E-state index in [0.29, 0.717) is 6.42 Å². The Hall–Kier alpha value is -1.79. The Labute approximate surface area is 195 Å². The molecule has 0 unspecified atom stereocenters. The zero-order valence-electron chi connectivity index (χ0n) is 19.4. The van der Waals surface area contributed by atoms with Crippen LogP contribution in [0.25, 0.3) is 0 Å². The van der Waals surface area contributed by atoms with Crippen molar-refractivity contribution in [3.05, 3.63) is 59.7 Å². The molecule has 1 aromatic rings. The molecule has 5 heteroatoms. The van der Waals surface area contributed by atoms with Gasteiger partial charge in [0.1, 0.15) is 6.61 Å². The van der Waals surface area contributed by atoms with Crippen LogP contribution < -0.4 is 0 Å². The molecule has 0 bridgehead atoms. The number of rotatable bonds is 3. The summed E-state index contributed by atoms with van der Waals surface area (Å²) in [5, 5.41) is 21.7. The molecule has 2 N–H and O–H groups in total. The Morgan fingerprint density at radius 3 is 2.76 bits per heavy atom. The van der Waals surface area contributed by atoms with Crippen LogP contribution in [-0.2, 0) is 14.3 Å². The van der Waals surface area contributed by atoms with Gasteiger partial charge in [0.05, 0.1) is 12.2 Å². The second-order valence-electron chi connectivity index (χ2n) is 11.2. The highest BCUT2D eigenvalue weighted by Gasteiger charge is 2.75. The molecule has 1 aromatic carbocycles. The summed E-state index contributed by atoms with van der Waals surface area (Å²) in [6.45, 7) is 3.80. The van der Waals surface area contributed by atoms with Crippen LogP contribution in [0.4, 0.5) is 0 Å². The number of aliphatic hydroxyl groups excluding tert-OH is 2. The van der Waals surface area contributed by atoms with Gasteiger partial charge < -0.3 is 19.7 Å². The molecule has 5 nitrogen and oxygen atoms in total. The molecule has 0 spiro atoms. The summed E-state index contributed by atoms with van der Waals surface area (Å²) in [6.07, 6.45) is 9.48. The Kier molecular flexibility index (Phi) is 4.84. The predicted octanol–water partition coefficient (Wildman–Crippen LogP) is 4.11. The van der Waals surface area contributed by atoms with Crippen molar-refractivity contribution in [2.24, 2.45) is 28.6 Å². The lowest BCUT2D eigenvalue weighted by atomic mass is 9.46. The van der Waals surface area contributed by atoms with E-state index in [-0.39, 0.29) is 29.0 Å². The number of fused-ring (bicyclic) bond motifs is 7. The van der Waals surface area contributed by atoms with Gasteiger partial charge in [-0.3, -0.25) is 4.79 Å². The fourth-order valence-electron chi connectivity index (χ4n) is 8.59. The van der Waals surface area contributed by atoms with Gasteiger partial charge in [-0.2, -0.15) is 0 Å². The smallest absolute Gasteiger partial charge is 0.193 e. The zero-order valence-corrected chi connectivity index (χ0v) is 19.4. The molecule has 0 aromatic heterocycles. The van der Waals surface area contributed by atoms with Crippen molar-refractivity contribution in [1.82, 2.24) is 0 Å². The lowest BCUT2D eigenvalue weighted by molar-refractivity contribution is -0.201. The van der Waals surface area contributed by atoms with Crippen LogP contribution in [0.3, 0.4) is 0 Å². The number of hydrogen-bond donors (Lipinski definition) is 2. The number of carbonyl (C=O) groups excluding carboxylic acids is 1. The summed E-state index contributed by atoms with van der Waals surface area (Å²) in [5.74, 6) is 0.274. The van der Waals surface area contributed by atoms with E-state index in [9.17, 15) is 15.0 Å². The maximum absolute atomic E-state index is 13.5. The number of hydrogen-bond acceptors (Lipinski definition) is 5. The average Bonchev–Trinajstić information content (AvgIpc) is 3.31. The van der Waals surface area contributed by atoms with E-state index < -0.39 is 36.1 Å². The van der Waals surface area contributed by atoms with Gasteiger partial charge in [0.25, 0.3) is 0 Å². The van der Waals surface area contributed by atoms with Gasteiger partial charge in [-0.15, -0.1) is 0 Å². The summed E-state index contributed by atoms with van der Waals surface area (Å²) in [4.78, 5) is 13.5. The van der Waals surface area contributed by atoms with Crippen LogP contribution >= 0.6 is 0 Å². The monoisotopic (exact) mass is 450 g/mol. The average molecular weight is 451 g/mol. The standard InChI is InChI=1S/C28H34O5/c1-26-13-7-6-10-18(26)11-12-19-20-14-23-28(22(31)16-29,27(20,2)15-21(30)24(19)26)33-25(32-23)17-8-4-3-5-9-17/h3-5,7-10,13,19-21,23-25,29-30H,6,11-12,14-16H2,1-2H3/t19-,20-,21-,23+,24+,25+,26-,27-,28+/m0/s1. The molecule has 33 heavy (non-hydrogen) atoms. The van der Waals surface area contributed by atoms with E-state index >= 15 is 0 Å². The largest absolute Gasteiger partial charge is 0.393 e. The Morgan fingerprint density at radius 2 is 2.00 bits per heavy atom. The quantitative estimate of drug-likeness (QED) is 0.678. The van der Waals surface area contributed by atoms with Crippen molar-refractivity contribution in [2.75, 3.05) is 6.61 Å². The second-order valence-corrected chi connectivity index (χ2v) is 11.2. The lowest BCUT2D eigenvalue weighted by Gasteiger charge is -2.59. The van der Waals surface area contributed by atoms with Gasteiger partial charge in [0, 0.05) is 22.3 Å². The predicted molar refractivity (Wildman–Crippen MR) is 123 cm³/mol. The minimum Gasteiger partial charge on any atom is -0.393 e. The van der Waals surface area contributed by atoms with Gasteiger partial charge in [-0.25, -0.2) is 0 Å². The molecule has 1 aliphatic heterocycles. The fourth-order valence-corrected chi connectivity index (χ4v) is 8.59. The molecule has 3 saturated carbocycles. The number of carbonyl (C=O) groups is 1. The van der Waals surface area contributed by atoms with E-state index in [0.717, 1.165) is 31.2 Å². The third kappa shape index (κ3) is 2.71. The van der Waals surface area contributed by atoms with E-state index in [1.165, 1.54) is 5.57 Å². The molecule has 4 aliphatic carbocycles. The van der Waals surface area contributed by atoms with Crippen LogP contribution in [0.1, 0.15) is 57.8 Å². The molecule has 1 heterocycles. The maximum atomic E-state index is 13.5. The number of aliphatic hydroxyl groups is 2. The number of Topliss-reactive ketones (excluding diaryl/α,β-unsaturated/α-hetero) is 1. The highest BCUT2D eigenvalue weighted by atomic mass is 16.7. The van der Waals surface area contributed by atoms with Crippen LogP contribution in [0.15, 0.2) is 54.1 Å². The molecular weight excluding hydrogens is 416 g/mol. The van der Waals surface area contributed by atoms with Crippen molar-refractivity contribution >= 4 is 5.78 Å². The van der Waals surface area contributed by atoms with E-state index in [1.54, 1.807) is 0 Å². The lowest BCUT2D eigenvalue weighted by Crippen LogP contribution is -2.63. The van der Waals surface area contributed by atoms with E-state index in [4.69, 9.17) is 9.47 Å². The van der Waals surface area contributed by atoms with Gasteiger partial charge in [0.2, 0.25) is 0 Å². The third-order valence-corrected chi connectivity index (χ3v) is 9.92. The summed E-state index contributed by atoms with van der Waals surface area (Å²) in [6, 6.07) is 9.69. The fraction of sp³-hybridized carbons (Fsp3) is 0.607. The molecule has 1 saturated heterocycles. The highest BCUT2D eigenvalue weighted by Crippen LogP contribution is 2.70. The molecule has 0 amide bonds. The summed E-state index contributed by atoms with van der Waals surface area (Å²) < 4.78 is 13.0. The Morgan fingerprint density at radius 1 is 1.21 bits per heavy atom. The Bertz CT molecular complexity index is 1020. The van der Waals surface area contributed by atoms with Crippen molar-refractivity contribution < 1.29 is 24.5 Å². The van der Waals surface area contributed by atoms with Crippen molar-refractivity contribution in [3.63, 3.8) is 0 Å². The SMILES string of the molecule is C[C@]12C=CCC=C1CC[C@@H]1[C@@H]2[C@@H](O)C[C@@]2(C)[C@H]1C[C@H]1O[C@@H](c3ccccc3)O[C@]12C(=O)CO. The first-order valence-electron chi connectivity index (χ1n) is 12.4. The molecule has 0 radical (unpaired) electrons. The second kappa shape index (κ2) is 7.35. The van der Waals surface area contributed by atoms with Gasteiger partial charge in [-0.05, 0) is 43.9 Å². The summed E-state index contributed by atoms with van der Waals surface area (Å²) >= 11 is 0. The molecule has 5 aliphatic rings. The van der Waals surface area contributed by atoms with Crippen LogP contribution in [0.2, 0.25) is 0 Å². The van der Waals surface area contributed by atoms with Crippen LogP contribution in [-0.4, -0.2) is 40.4 Å². The zero-order chi connectivity index (χ0) is 23.0. The van der Waals surface area contributed by atoms with Gasteiger partial charge in [-0.1, -0.05) is 68.0 Å². The number of benzene rings is 1. The topological polar surface area (TPSA) is 76.0 Å². The maximum Gasteiger partial charge on any atom is 0.193 e. The minimum absolute atomic E-state index is 0.122. The van der Waals surface area contributed by atoms with Crippen molar-refractivity contribution in [3.8, 4) is 0 Å². The normalized spacial score (nSPS) is 47.8. The Balaban J connectivity index is 1.41. The molecule has 9 atom stereocenters. The van der Waals surface area contributed by atoms with Crippen molar-refractivity contribution in [1.29, 1.82) is 0 Å². The minimum atomic E-state index is -1.24. The number of ether oxygens (including phenoxy) is 2. The third-order valence-electron chi connectivity index (χ3n) is 9.92. The first kappa shape index (κ1) is 21.7. The first-order chi connectivity index (χ1) is 15.8. The molecule has 6 rings (SSSR count). The van der Waals surface area contributed by atoms with Gasteiger partial charge in [0.15, 0.2) is 17.7 Å². The molecule has 4 fully saturated rings. The van der Waals surface area contributed by atoms with E-state index in [2.05, 4.69) is 32.1 Å². The summed E-state index contributed by atoms with van der Waals surface area (Å²) in [7, 11) is 0. The van der Waals surface area contributed by atoms with Crippen LogP contribution in [0.5, 0.6) is 0 Å². The number of allylic oxidation sites excluding steroid dienone is 4. The van der Waals surface area contributed by atoms with E-state index in [1.807, 2.05) is 30.3 Å². The molecular formula is C28H34O5. The summed E-state index contributed by atoms with van der Waals surface area (Å²) in [5.41, 5.74) is 0.348. The van der Waals surface area contributed by atoms with Crippen LogP contribution in [0, 0.1) is 28.6 Å². The number of ketones is 1. The highest BCUT2D eigenvalue weighted by molar-refractivity contribution is 5.91. The first-order valence-corrected chi connectivity index (χ1v) is 12.4.